The van der Waals surface area contributed by atoms with Crippen LogP contribution in [-0.2, 0) is 4.79 Å². The van der Waals surface area contributed by atoms with Crippen LogP contribution in [0.5, 0.6) is 5.75 Å². The number of rotatable bonds is 5. The minimum Gasteiger partial charge on any atom is -0.496 e. The minimum atomic E-state index is -0.737. The highest BCUT2D eigenvalue weighted by Gasteiger charge is 2.28. The van der Waals surface area contributed by atoms with E-state index in [9.17, 15) is 9.59 Å². The molecule has 1 N–H and O–H groups in total. The zero-order valence-corrected chi connectivity index (χ0v) is 11.7. The van der Waals surface area contributed by atoms with Gasteiger partial charge in [-0.2, -0.15) is 0 Å². The van der Waals surface area contributed by atoms with Gasteiger partial charge in [0.15, 0.2) is 5.78 Å². The van der Waals surface area contributed by atoms with Crippen molar-refractivity contribution in [3.63, 3.8) is 0 Å². The maximum atomic E-state index is 12.3. The van der Waals surface area contributed by atoms with E-state index in [1.807, 2.05) is 12.1 Å². The Labute approximate surface area is 118 Å². The van der Waals surface area contributed by atoms with E-state index < -0.39 is 5.97 Å². The number of ether oxygens (including phenoxy) is 1. The van der Waals surface area contributed by atoms with E-state index in [1.165, 1.54) is 0 Å². The molecule has 4 nitrogen and oxygen atoms in total. The van der Waals surface area contributed by atoms with E-state index in [-0.39, 0.29) is 17.6 Å². The van der Waals surface area contributed by atoms with Gasteiger partial charge in [-0.3, -0.25) is 9.59 Å². The molecule has 0 aromatic heterocycles. The molecule has 1 aliphatic carbocycles. The van der Waals surface area contributed by atoms with Gasteiger partial charge in [0.1, 0.15) is 5.75 Å². The summed E-state index contributed by atoms with van der Waals surface area (Å²) in [6.45, 7) is 0. The number of Topliss-reactive ketones (excluding diaryl/α,β-unsaturated/α-hetero) is 1. The van der Waals surface area contributed by atoms with Crippen LogP contribution in [0.4, 0.5) is 0 Å². The van der Waals surface area contributed by atoms with Gasteiger partial charge in [0.2, 0.25) is 0 Å². The van der Waals surface area contributed by atoms with Crippen LogP contribution in [0.2, 0.25) is 0 Å². The minimum absolute atomic E-state index is 0.0403. The van der Waals surface area contributed by atoms with Crippen LogP contribution in [0.1, 0.15) is 42.5 Å². The van der Waals surface area contributed by atoms with E-state index in [2.05, 4.69) is 0 Å². The van der Waals surface area contributed by atoms with Crippen molar-refractivity contribution < 1.29 is 19.4 Å². The molecule has 108 valence electrons. The molecule has 20 heavy (non-hydrogen) atoms. The molecule has 2 atom stereocenters. The van der Waals surface area contributed by atoms with Crippen LogP contribution < -0.4 is 4.74 Å². The van der Waals surface area contributed by atoms with Crippen molar-refractivity contribution >= 4 is 11.8 Å². The highest BCUT2D eigenvalue weighted by molar-refractivity contribution is 5.98. The predicted molar refractivity (Wildman–Crippen MR) is 75.0 cm³/mol. The highest BCUT2D eigenvalue weighted by Crippen LogP contribution is 2.33. The predicted octanol–water partition coefficient (Wildman–Crippen LogP) is 3.16. The first-order valence-electron chi connectivity index (χ1n) is 7.01. The number of benzene rings is 1. The molecule has 1 fully saturated rings. The molecular formula is C16H20O4. The van der Waals surface area contributed by atoms with Gasteiger partial charge >= 0.3 is 5.97 Å². The van der Waals surface area contributed by atoms with E-state index >= 15 is 0 Å². The number of carboxylic acids is 1. The van der Waals surface area contributed by atoms with Crippen LogP contribution in [0.15, 0.2) is 24.3 Å². The maximum Gasteiger partial charge on any atom is 0.306 e. The second kappa shape index (κ2) is 6.55. The van der Waals surface area contributed by atoms with E-state index in [0.29, 0.717) is 24.2 Å². The molecule has 0 amide bonds. The number of methoxy groups -OCH3 is 1. The van der Waals surface area contributed by atoms with Crippen molar-refractivity contribution in [3.8, 4) is 5.75 Å². The summed E-state index contributed by atoms with van der Waals surface area (Å²) in [6, 6.07) is 7.18. The third kappa shape index (κ3) is 3.38. The van der Waals surface area contributed by atoms with E-state index in [0.717, 1.165) is 19.3 Å². The lowest BCUT2D eigenvalue weighted by molar-refractivity contribution is -0.143. The number of aliphatic carboxylic acids is 1. The Bertz CT molecular complexity index is 495. The Balaban J connectivity index is 2.02. The number of carbonyl (C=O) groups excluding carboxylic acids is 1. The average molecular weight is 276 g/mol. The third-order valence-electron chi connectivity index (χ3n) is 4.01. The molecule has 0 spiro atoms. The highest BCUT2D eigenvalue weighted by atomic mass is 16.5. The van der Waals surface area contributed by atoms with Crippen LogP contribution in [0.25, 0.3) is 0 Å². The third-order valence-corrected chi connectivity index (χ3v) is 4.01. The summed E-state index contributed by atoms with van der Waals surface area (Å²) in [5.41, 5.74) is 0.590. The zero-order valence-electron chi connectivity index (χ0n) is 11.7. The van der Waals surface area contributed by atoms with Crippen molar-refractivity contribution in [2.45, 2.75) is 32.1 Å². The fourth-order valence-electron chi connectivity index (χ4n) is 2.95. The Kier molecular flexibility index (Phi) is 4.77. The fraction of sp³-hybridized carbons (Fsp3) is 0.500. The molecule has 4 heteroatoms. The zero-order chi connectivity index (χ0) is 14.5. The van der Waals surface area contributed by atoms with Crippen LogP contribution in [0.3, 0.4) is 0 Å². The Hall–Kier alpha value is -1.84. The standard InChI is InChI=1S/C16H20O4/c1-20-15-8-3-2-7-13(15)14(17)10-11-5-4-6-12(9-11)16(18)19/h2-3,7-8,11-12H,4-6,9-10H2,1H3,(H,18,19)/t11-,12+/m0/s1. The molecule has 1 aliphatic rings. The van der Waals surface area contributed by atoms with E-state index in [1.54, 1.807) is 19.2 Å². The molecule has 1 aromatic carbocycles. The number of ketones is 1. The smallest absolute Gasteiger partial charge is 0.306 e. The summed E-state index contributed by atoms with van der Waals surface area (Å²) in [5.74, 6) is -0.234. The first-order valence-corrected chi connectivity index (χ1v) is 7.01. The first-order chi connectivity index (χ1) is 9.61. The van der Waals surface area contributed by atoms with Crippen molar-refractivity contribution in [3.05, 3.63) is 29.8 Å². The van der Waals surface area contributed by atoms with Crippen LogP contribution in [0, 0.1) is 11.8 Å². The Morgan fingerprint density at radius 1 is 1.30 bits per heavy atom. The number of hydrogen-bond donors (Lipinski definition) is 1. The Morgan fingerprint density at radius 2 is 2.05 bits per heavy atom. The molecule has 0 bridgehead atoms. The normalized spacial score (nSPS) is 22.2. The maximum absolute atomic E-state index is 12.3. The molecule has 1 saturated carbocycles. The Morgan fingerprint density at radius 3 is 2.75 bits per heavy atom. The van der Waals surface area contributed by atoms with Gasteiger partial charge in [0.05, 0.1) is 18.6 Å². The van der Waals surface area contributed by atoms with Crippen molar-refractivity contribution in [1.29, 1.82) is 0 Å². The molecular weight excluding hydrogens is 256 g/mol. The van der Waals surface area contributed by atoms with Gasteiger partial charge in [-0.1, -0.05) is 18.6 Å². The average Bonchev–Trinajstić information content (AvgIpc) is 2.47. The topological polar surface area (TPSA) is 63.6 Å². The summed E-state index contributed by atoms with van der Waals surface area (Å²) in [4.78, 5) is 23.4. The van der Waals surface area contributed by atoms with Crippen molar-refractivity contribution in [2.75, 3.05) is 7.11 Å². The second-order valence-electron chi connectivity index (χ2n) is 5.40. The largest absolute Gasteiger partial charge is 0.496 e. The van der Waals surface area contributed by atoms with Gasteiger partial charge in [-0.25, -0.2) is 0 Å². The van der Waals surface area contributed by atoms with Gasteiger partial charge in [0.25, 0.3) is 0 Å². The second-order valence-corrected chi connectivity index (χ2v) is 5.40. The molecule has 0 heterocycles. The summed E-state index contributed by atoms with van der Waals surface area (Å²) < 4.78 is 5.20. The number of carboxylic acid groups (broad SMARTS) is 1. The number of hydrogen-bond acceptors (Lipinski definition) is 3. The van der Waals surface area contributed by atoms with Crippen LogP contribution >= 0.6 is 0 Å². The summed E-state index contributed by atoms with van der Waals surface area (Å²) in [7, 11) is 1.55. The van der Waals surface area contributed by atoms with Gasteiger partial charge in [-0.05, 0) is 37.3 Å². The fourth-order valence-corrected chi connectivity index (χ4v) is 2.95. The van der Waals surface area contributed by atoms with Gasteiger partial charge < -0.3 is 9.84 Å². The molecule has 0 saturated heterocycles. The first kappa shape index (κ1) is 14.6. The van der Waals surface area contributed by atoms with Gasteiger partial charge in [0, 0.05) is 6.42 Å². The molecule has 1 aromatic rings. The SMILES string of the molecule is COc1ccccc1C(=O)C[C@H]1CCC[C@@H](C(=O)O)C1. The lowest BCUT2D eigenvalue weighted by atomic mass is 9.78. The molecule has 0 unspecified atom stereocenters. The molecule has 2 rings (SSSR count). The van der Waals surface area contributed by atoms with Crippen molar-refractivity contribution in [2.24, 2.45) is 11.8 Å². The monoisotopic (exact) mass is 276 g/mol. The quantitative estimate of drug-likeness (QED) is 0.839. The molecule has 0 radical (unpaired) electrons. The lowest BCUT2D eigenvalue weighted by Gasteiger charge is -2.26. The summed E-state index contributed by atoms with van der Waals surface area (Å²) in [5, 5.41) is 9.08. The number of carbonyl (C=O) groups is 2. The molecule has 0 aliphatic heterocycles. The lowest BCUT2D eigenvalue weighted by Crippen LogP contribution is -2.24. The summed E-state index contributed by atoms with van der Waals surface area (Å²) >= 11 is 0. The van der Waals surface area contributed by atoms with Gasteiger partial charge in [-0.15, -0.1) is 0 Å². The van der Waals surface area contributed by atoms with Crippen LogP contribution in [-0.4, -0.2) is 24.0 Å². The van der Waals surface area contributed by atoms with E-state index in [4.69, 9.17) is 9.84 Å². The number of para-hydroxylation sites is 1. The summed E-state index contributed by atoms with van der Waals surface area (Å²) in [6.07, 6.45) is 3.57. The van der Waals surface area contributed by atoms with Crippen molar-refractivity contribution in [1.82, 2.24) is 0 Å².